The molecule has 2 aromatic rings. The predicted octanol–water partition coefficient (Wildman–Crippen LogP) is 0.0175. The molecule has 2 rings (SSSR count). The average Bonchev–Trinajstić information content (AvgIpc) is 2.23. The molecule has 0 aliphatic rings. The van der Waals surface area contributed by atoms with E-state index in [1.165, 1.54) is 12.1 Å². The summed E-state index contributed by atoms with van der Waals surface area (Å²) in [6.45, 7) is 0. The molecular formula is C8H7N3O3. The lowest BCUT2D eigenvalue weighted by molar-refractivity contribution is 0.389. The first-order chi connectivity index (χ1) is 6.74. The molecule has 0 unspecified atom stereocenters. The third-order valence-electron chi connectivity index (χ3n) is 1.95. The Bertz CT molecular complexity index is 584. The minimum Gasteiger partial charge on any atom is -0.291 e. The maximum absolute atomic E-state index is 11.3. The zero-order valence-corrected chi connectivity index (χ0v) is 7.00. The van der Waals surface area contributed by atoms with Gasteiger partial charge in [-0.15, -0.1) is 0 Å². The van der Waals surface area contributed by atoms with Gasteiger partial charge in [0.1, 0.15) is 0 Å². The standard InChI is InChI=1S/C8H7N3O3/c12-7-4-2-1-3-5(11-14)6(4)8(13)10-9-7/h1-3,11,14H,(H,9,12)(H,10,13). The van der Waals surface area contributed by atoms with E-state index < -0.39 is 11.1 Å². The van der Waals surface area contributed by atoms with Crippen LogP contribution >= 0.6 is 0 Å². The maximum Gasteiger partial charge on any atom is 0.272 e. The first-order valence-electron chi connectivity index (χ1n) is 3.88. The number of hydrogen-bond donors (Lipinski definition) is 4. The minimum atomic E-state index is -0.461. The van der Waals surface area contributed by atoms with Crippen molar-refractivity contribution in [1.82, 2.24) is 10.2 Å². The molecule has 1 aromatic carbocycles. The van der Waals surface area contributed by atoms with Crippen molar-refractivity contribution >= 4 is 16.5 Å². The highest BCUT2D eigenvalue weighted by Gasteiger charge is 2.06. The van der Waals surface area contributed by atoms with Gasteiger partial charge in [-0.25, -0.2) is 0 Å². The number of hydrogen-bond acceptors (Lipinski definition) is 4. The lowest BCUT2D eigenvalue weighted by Gasteiger charge is -2.01. The Kier molecular flexibility index (Phi) is 1.83. The van der Waals surface area contributed by atoms with Crippen LogP contribution in [0.15, 0.2) is 27.8 Å². The van der Waals surface area contributed by atoms with Crippen LogP contribution in [0, 0.1) is 0 Å². The Morgan fingerprint density at radius 2 is 1.86 bits per heavy atom. The van der Waals surface area contributed by atoms with Gasteiger partial charge >= 0.3 is 0 Å². The van der Waals surface area contributed by atoms with Crippen LogP contribution < -0.4 is 16.6 Å². The highest BCUT2D eigenvalue weighted by atomic mass is 16.5. The fourth-order valence-corrected chi connectivity index (χ4v) is 1.32. The zero-order chi connectivity index (χ0) is 10.1. The van der Waals surface area contributed by atoms with Gasteiger partial charge in [0, 0.05) is 0 Å². The van der Waals surface area contributed by atoms with Crippen LogP contribution in [-0.4, -0.2) is 15.4 Å². The molecule has 0 radical (unpaired) electrons. The van der Waals surface area contributed by atoms with Crippen LogP contribution in [0.2, 0.25) is 0 Å². The van der Waals surface area contributed by atoms with Crippen LogP contribution in [0.4, 0.5) is 5.69 Å². The van der Waals surface area contributed by atoms with E-state index in [9.17, 15) is 9.59 Å². The summed E-state index contributed by atoms with van der Waals surface area (Å²) in [7, 11) is 0. The summed E-state index contributed by atoms with van der Waals surface area (Å²) in [5.74, 6) is 0. The number of anilines is 1. The van der Waals surface area contributed by atoms with Crippen LogP contribution in [0.3, 0.4) is 0 Å². The SMILES string of the molecule is O=c1[nH][nH]c(=O)c2c(NO)cccc12. The molecule has 14 heavy (non-hydrogen) atoms. The summed E-state index contributed by atoms with van der Waals surface area (Å²) in [6.07, 6.45) is 0. The highest BCUT2D eigenvalue weighted by Crippen LogP contribution is 2.15. The Morgan fingerprint density at radius 1 is 1.14 bits per heavy atom. The molecule has 4 N–H and O–H groups in total. The van der Waals surface area contributed by atoms with Gasteiger partial charge in [-0.1, -0.05) is 6.07 Å². The predicted molar refractivity (Wildman–Crippen MR) is 50.6 cm³/mol. The van der Waals surface area contributed by atoms with Crippen molar-refractivity contribution in [2.45, 2.75) is 0 Å². The normalized spacial score (nSPS) is 10.4. The molecule has 0 amide bonds. The van der Waals surface area contributed by atoms with E-state index in [1.807, 2.05) is 5.48 Å². The van der Waals surface area contributed by atoms with Gasteiger partial charge in [0.05, 0.1) is 16.5 Å². The van der Waals surface area contributed by atoms with Gasteiger partial charge in [0.2, 0.25) is 0 Å². The largest absolute Gasteiger partial charge is 0.291 e. The molecule has 0 bridgehead atoms. The smallest absolute Gasteiger partial charge is 0.272 e. The fourth-order valence-electron chi connectivity index (χ4n) is 1.32. The van der Waals surface area contributed by atoms with E-state index in [2.05, 4.69) is 10.2 Å². The molecule has 0 atom stereocenters. The van der Waals surface area contributed by atoms with E-state index in [4.69, 9.17) is 5.21 Å². The summed E-state index contributed by atoms with van der Waals surface area (Å²) < 4.78 is 0. The zero-order valence-electron chi connectivity index (χ0n) is 7.00. The summed E-state index contributed by atoms with van der Waals surface area (Å²) in [5, 5.41) is 13.5. The lowest BCUT2D eigenvalue weighted by atomic mass is 10.1. The lowest BCUT2D eigenvalue weighted by Crippen LogP contribution is -2.19. The van der Waals surface area contributed by atoms with Crippen molar-refractivity contribution in [2.24, 2.45) is 0 Å². The van der Waals surface area contributed by atoms with E-state index in [0.717, 1.165) is 0 Å². The Labute approximate surface area is 77.1 Å². The van der Waals surface area contributed by atoms with Crippen LogP contribution in [0.25, 0.3) is 10.8 Å². The molecule has 0 saturated carbocycles. The molecule has 6 heteroatoms. The molecule has 0 aliphatic carbocycles. The topological polar surface area (TPSA) is 98.0 Å². The molecule has 72 valence electrons. The second-order valence-corrected chi connectivity index (χ2v) is 2.75. The second-order valence-electron chi connectivity index (χ2n) is 2.75. The molecule has 6 nitrogen and oxygen atoms in total. The van der Waals surface area contributed by atoms with Gasteiger partial charge in [-0.3, -0.25) is 30.5 Å². The first kappa shape index (κ1) is 8.52. The van der Waals surface area contributed by atoms with Gasteiger partial charge in [0.15, 0.2) is 0 Å². The van der Waals surface area contributed by atoms with Gasteiger partial charge in [-0.05, 0) is 12.1 Å². The van der Waals surface area contributed by atoms with E-state index in [1.54, 1.807) is 6.07 Å². The minimum absolute atomic E-state index is 0.138. The summed E-state index contributed by atoms with van der Waals surface area (Å²) in [5.41, 5.74) is 1.20. The van der Waals surface area contributed by atoms with Crippen LogP contribution in [0.1, 0.15) is 0 Å². The number of aromatic nitrogens is 2. The summed E-state index contributed by atoms with van der Waals surface area (Å²) >= 11 is 0. The van der Waals surface area contributed by atoms with Crippen molar-refractivity contribution < 1.29 is 5.21 Å². The number of aromatic amines is 2. The van der Waals surface area contributed by atoms with Gasteiger partial charge in [0.25, 0.3) is 11.1 Å². The van der Waals surface area contributed by atoms with Crippen molar-refractivity contribution in [3.05, 3.63) is 38.9 Å². The average molecular weight is 193 g/mol. The molecule has 1 aromatic heterocycles. The van der Waals surface area contributed by atoms with Crippen LogP contribution in [-0.2, 0) is 0 Å². The molecular weight excluding hydrogens is 186 g/mol. The summed E-state index contributed by atoms with van der Waals surface area (Å²) in [6, 6.07) is 4.57. The monoisotopic (exact) mass is 193 g/mol. The molecule has 0 saturated heterocycles. The number of H-pyrrole nitrogens is 2. The van der Waals surface area contributed by atoms with Gasteiger partial charge in [-0.2, -0.15) is 0 Å². The van der Waals surface area contributed by atoms with Crippen molar-refractivity contribution in [2.75, 3.05) is 5.48 Å². The summed E-state index contributed by atoms with van der Waals surface area (Å²) in [4.78, 5) is 22.6. The van der Waals surface area contributed by atoms with E-state index in [-0.39, 0.29) is 16.5 Å². The number of benzene rings is 1. The molecule has 0 aliphatic heterocycles. The van der Waals surface area contributed by atoms with Gasteiger partial charge < -0.3 is 0 Å². The van der Waals surface area contributed by atoms with Crippen molar-refractivity contribution in [3.63, 3.8) is 0 Å². The quantitative estimate of drug-likeness (QED) is 0.480. The number of rotatable bonds is 1. The Hall–Kier alpha value is -2.08. The van der Waals surface area contributed by atoms with E-state index >= 15 is 0 Å². The fraction of sp³-hybridized carbons (Fsp3) is 0. The molecule has 0 spiro atoms. The first-order valence-corrected chi connectivity index (χ1v) is 3.88. The second kappa shape index (κ2) is 3.00. The maximum atomic E-state index is 11.3. The molecule has 0 fully saturated rings. The third kappa shape index (κ3) is 1.09. The number of nitrogens with one attached hydrogen (secondary N) is 3. The molecule has 1 heterocycles. The van der Waals surface area contributed by atoms with Crippen molar-refractivity contribution in [1.29, 1.82) is 0 Å². The number of fused-ring (bicyclic) bond motifs is 1. The highest BCUT2D eigenvalue weighted by molar-refractivity contribution is 5.91. The van der Waals surface area contributed by atoms with E-state index in [0.29, 0.717) is 0 Å². The van der Waals surface area contributed by atoms with Crippen LogP contribution in [0.5, 0.6) is 0 Å². The Morgan fingerprint density at radius 3 is 2.57 bits per heavy atom. The van der Waals surface area contributed by atoms with Crippen molar-refractivity contribution in [3.8, 4) is 0 Å². The third-order valence-corrected chi connectivity index (χ3v) is 1.95. The Balaban J connectivity index is 3.07.